The standard InChI is InChI=1S/C12H18N2O2/c1-9(8-12(15)16)11-6-7-13-14(11)10-4-2-3-5-10/h6-7,9-10H,2-5,8H2,1H3,(H,15,16). The molecule has 1 saturated carbocycles. The van der Waals surface area contributed by atoms with Crippen LogP contribution in [0.2, 0.25) is 0 Å². The van der Waals surface area contributed by atoms with E-state index in [0.717, 1.165) is 5.69 Å². The summed E-state index contributed by atoms with van der Waals surface area (Å²) in [7, 11) is 0. The molecule has 0 saturated heterocycles. The van der Waals surface area contributed by atoms with E-state index in [2.05, 4.69) is 5.10 Å². The number of carbonyl (C=O) groups is 1. The van der Waals surface area contributed by atoms with Crippen LogP contribution in [0.15, 0.2) is 12.3 Å². The fraction of sp³-hybridized carbons (Fsp3) is 0.667. The molecule has 0 aromatic carbocycles. The molecule has 2 rings (SSSR count). The summed E-state index contributed by atoms with van der Waals surface area (Å²) in [5.41, 5.74) is 1.06. The van der Waals surface area contributed by atoms with Crippen molar-refractivity contribution in [2.45, 2.75) is 51.0 Å². The third-order valence-corrected chi connectivity index (χ3v) is 3.36. The molecule has 1 fully saturated rings. The fourth-order valence-corrected chi connectivity index (χ4v) is 2.54. The minimum atomic E-state index is -0.744. The zero-order chi connectivity index (χ0) is 11.5. The van der Waals surface area contributed by atoms with E-state index in [0.29, 0.717) is 6.04 Å². The van der Waals surface area contributed by atoms with Gasteiger partial charge in [-0.25, -0.2) is 0 Å². The molecule has 1 unspecified atom stereocenters. The van der Waals surface area contributed by atoms with E-state index >= 15 is 0 Å². The molecule has 1 aliphatic carbocycles. The maximum atomic E-state index is 10.7. The Kier molecular flexibility index (Phi) is 3.27. The quantitative estimate of drug-likeness (QED) is 0.851. The Hall–Kier alpha value is -1.32. The summed E-state index contributed by atoms with van der Waals surface area (Å²) < 4.78 is 2.04. The molecule has 0 spiro atoms. The van der Waals surface area contributed by atoms with Crippen molar-refractivity contribution in [3.63, 3.8) is 0 Å². The summed E-state index contributed by atoms with van der Waals surface area (Å²) in [4.78, 5) is 10.7. The van der Waals surface area contributed by atoms with E-state index in [4.69, 9.17) is 5.11 Å². The summed E-state index contributed by atoms with van der Waals surface area (Å²) >= 11 is 0. The van der Waals surface area contributed by atoms with E-state index in [9.17, 15) is 4.79 Å². The Morgan fingerprint density at radius 3 is 2.94 bits per heavy atom. The Bertz CT molecular complexity index is 367. The van der Waals surface area contributed by atoms with Crippen molar-refractivity contribution >= 4 is 5.97 Å². The zero-order valence-electron chi connectivity index (χ0n) is 9.59. The second-order valence-electron chi connectivity index (χ2n) is 4.64. The minimum absolute atomic E-state index is 0.0422. The molecule has 0 amide bonds. The maximum Gasteiger partial charge on any atom is 0.304 e. The molecular formula is C12H18N2O2. The van der Waals surface area contributed by atoms with Gasteiger partial charge in [-0.2, -0.15) is 5.10 Å². The van der Waals surface area contributed by atoms with Crippen LogP contribution in [0.1, 0.15) is 56.7 Å². The maximum absolute atomic E-state index is 10.7. The number of rotatable bonds is 4. The van der Waals surface area contributed by atoms with Crippen LogP contribution in [-0.2, 0) is 4.79 Å². The molecule has 1 aliphatic rings. The Balaban J connectivity index is 2.14. The zero-order valence-corrected chi connectivity index (χ0v) is 9.59. The number of carboxylic acids is 1. The van der Waals surface area contributed by atoms with Crippen LogP contribution in [0, 0.1) is 0 Å². The van der Waals surface area contributed by atoms with E-state index in [1.54, 1.807) is 6.20 Å². The Morgan fingerprint density at radius 2 is 2.31 bits per heavy atom. The lowest BCUT2D eigenvalue weighted by molar-refractivity contribution is -0.137. The third kappa shape index (κ3) is 2.26. The number of hydrogen-bond acceptors (Lipinski definition) is 2. The highest BCUT2D eigenvalue weighted by atomic mass is 16.4. The monoisotopic (exact) mass is 222 g/mol. The van der Waals surface area contributed by atoms with Gasteiger partial charge in [-0.15, -0.1) is 0 Å². The van der Waals surface area contributed by atoms with Crippen molar-refractivity contribution in [3.05, 3.63) is 18.0 Å². The average Bonchev–Trinajstić information content (AvgIpc) is 2.87. The second-order valence-corrected chi connectivity index (χ2v) is 4.64. The lowest BCUT2D eigenvalue weighted by atomic mass is 10.0. The number of aliphatic carboxylic acids is 1. The van der Waals surface area contributed by atoms with Gasteiger partial charge in [0.25, 0.3) is 0 Å². The summed E-state index contributed by atoms with van der Waals surface area (Å²) in [6.45, 7) is 1.95. The first-order valence-electron chi connectivity index (χ1n) is 5.93. The van der Waals surface area contributed by atoms with Crippen LogP contribution >= 0.6 is 0 Å². The van der Waals surface area contributed by atoms with Crippen LogP contribution in [0.25, 0.3) is 0 Å². The molecule has 4 nitrogen and oxygen atoms in total. The molecule has 1 N–H and O–H groups in total. The van der Waals surface area contributed by atoms with Gasteiger partial charge in [0.05, 0.1) is 12.5 Å². The Morgan fingerprint density at radius 1 is 1.62 bits per heavy atom. The van der Waals surface area contributed by atoms with Crippen LogP contribution < -0.4 is 0 Å². The average molecular weight is 222 g/mol. The smallest absolute Gasteiger partial charge is 0.304 e. The normalized spacial score (nSPS) is 18.8. The van der Waals surface area contributed by atoms with Gasteiger partial charge in [-0.05, 0) is 18.9 Å². The lowest BCUT2D eigenvalue weighted by Crippen LogP contribution is -2.14. The molecule has 1 aromatic heterocycles. The number of carboxylic acid groups (broad SMARTS) is 1. The SMILES string of the molecule is CC(CC(=O)O)c1ccnn1C1CCCC1. The van der Waals surface area contributed by atoms with Crippen LogP contribution in [0.3, 0.4) is 0 Å². The number of nitrogens with zero attached hydrogens (tertiary/aromatic N) is 2. The van der Waals surface area contributed by atoms with Gasteiger partial charge in [-0.1, -0.05) is 19.8 Å². The van der Waals surface area contributed by atoms with Gasteiger partial charge in [0.15, 0.2) is 0 Å². The molecule has 88 valence electrons. The number of hydrogen-bond donors (Lipinski definition) is 1. The second kappa shape index (κ2) is 4.68. The van der Waals surface area contributed by atoms with E-state index < -0.39 is 5.97 Å². The van der Waals surface area contributed by atoms with Crippen molar-refractivity contribution in [2.75, 3.05) is 0 Å². The van der Waals surface area contributed by atoms with Crippen LogP contribution in [0.4, 0.5) is 0 Å². The Labute approximate surface area is 95.3 Å². The fourth-order valence-electron chi connectivity index (χ4n) is 2.54. The molecular weight excluding hydrogens is 204 g/mol. The van der Waals surface area contributed by atoms with Crippen LogP contribution in [-0.4, -0.2) is 20.9 Å². The minimum Gasteiger partial charge on any atom is -0.481 e. The van der Waals surface area contributed by atoms with E-state index in [-0.39, 0.29) is 12.3 Å². The van der Waals surface area contributed by atoms with Crippen molar-refractivity contribution in [1.29, 1.82) is 0 Å². The highest BCUT2D eigenvalue weighted by Gasteiger charge is 2.22. The summed E-state index contributed by atoms with van der Waals surface area (Å²) in [6, 6.07) is 2.44. The third-order valence-electron chi connectivity index (χ3n) is 3.36. The van der Waals surface area contributed by atoms with Crippen molar-refractivity contribution in [3.8, 4) is 0 Å². The van der Waals surface area contributed by atoms with Gasteiger partial charge >= 0.3 is 5.97 Å². The van der Waals surface area contributed by atoms with Crippen molar-refractivity contribution < 1.29 is 9.90 Å². The highest BCUT2D eigenvalue weighted by molar-refractivity contribution is 5.67. The van der Waals surface area contributed by atoms with Gasteiger partial charge in [0.1, 0.15) is 0 Å². The van der Waals surface area contributed by atoms with Gasteiger partial charge < -0.3 is 5.11 Å². The first-order valence-corrected chi connectivity index (χ1v) is 5.93. The van der Waals surface area contributed by atoms with Gasteiger partial charge in [-0.3, -0.25) is 9.48 Å². The first kappa shape index (κ1) is 11.2. The topological polar surface area (TPSA) is 55.1 Å². The van der Waals surface area contributed by atoms with Gasteiger partial charge in [0.2, 0.25) is 0 Å². The molecule has 0 bridgehead atoms. The van der Waals surface area contributed by atoms with E-state index in [1.807, 2.05) is 17.7 Å². The summed E-state index contributed by atoms with van der Waals surface area (Å²) in [5.74, 6) is -0.702. The van der Waals surface area contributed by atoms with E-state index in [1.165, 1.54) is 25.7 Å². The number of aromatic nitrogens is 2. The highest BCUT2D eigenvalue weighted by Crippen LogP contribution is 2.32. The summed E-state index contributed by atoms with van der Waals surface area (Å²) in [5, 5.41) is 13.2. The molecule has 1 atom stereocenters. The molecule has 1 heterocycles. The van der Waals surface area contributed by atoms with Crippen molar-refractivity contribution in [2.24, 2.45) is 0 Å². The molecule has 0 aliphatic heterocycles. The van der Waals surface area contributed by atoms with Gasteiger partial charge in [0, 0.05) is 17.8 Å². The molecule has 16 heavy (non-hydrogen) atoms. The predicted octanol–water partition coefficient (Wildman–Crippen LogP) is 2.58. The predicted molar refractivity (Wildman–Crippen MR) is 60.4 cm³/mol. The molecule has 1 aromatic rings. The largest absolute Gasteiger partial charge is 0.481 e. The first-order chi connectivity index (χ1) is 7.68. The molecule has 4 heteroatoms. The molecule has 0 radical (unpaired) electrons. The summed E-state index contributed by atoms with van der Waals surface area (Å²) in [6.07, 6.45) is 6.84. The van der Waals surface area contributed by atoms with Crippen molar-refractivity contribution in [1.82, 2.24) is 9.78 Å². The van der Waals surface area contributed by atoms with Crippen LogP contribution in [0.5, 0.6) is 0 Å². The lowest BCUT2D eigenvalue weighted by Gasteiger charge is -2.17.